The zero-order chi connectivity index (χ0) is 9.90. The van der Waals surface area contributed by atoms with Gasteiger partial charge in [0.2, 0.25) is 0 Å². The van der Waals surface area contributed by atoms with E-state index in [1.807, 2.05) is 0 Å². The molecule has 1 rings (SSSR count). The first kappa shape index (κ1) is 10.7. The summed E-state index contributed by atoms with van der Waals surface area (Å²) >= 11 is 5.47. The van der Waals surface area contributed by atoms with Crippen molar-refractivity contribution in [3.8, 4) is 0 Å². The molecule has 76 valence electrons. The summed E-state index contributed by atoms with van der Waals surface area (Å²) in [5.41, 5.74) is -1.08. The molecule has 13 heavy (non-hydrogen) atoms. The van der Waals surface area contributed by atoms with Crippen molar-refractivity contribution < 1.29 is 14.3 Å². The molecule has 3 nitrogen and oxygen atoms in total. The molecule has 1 aliphatic rings. The monoisotopic (exact) mass is 209 g/mol. The highest BCUT2D eigenvalue weighted by Gasteiger charge is 2.44. The summed E-state index contributed by atoms with van der Waals surface area (Å²) in [5.74, 6) is -0.564. The maximum Gasteiger partial charge on any atom is 0.324 e. The van der Waals surface area contributed by atoms with E-state index in [9.17, 15) is 9.18 Å². The van der Waals surface area contributed by atoms with Crippen LogP contribution in [0.2, 0.25) is 0 Å². The highest BCUT2D eigenvalue weighted by Crippen LogP contribution is 2.27. The Morgan fingerprint density at radius 2 is 2.46 bits per heavy atom. The summed E-state index contributed by atoms with van der Waals surface area (Å²) < 4.78 is 12.8. The minimum atomic E-state index is -1.08. The van der Waals surface area contributed by atoms with Crippen molar-refractivity contribution in [1.82, 2.24) is 5.32 Å². The second-order valence-electron chi connectivity index (χ2n) is 3.36. The maximum atomic E-state index is 12.8. The molecule has 0 radical (unpaired) electrons. The summed E-state index contributed by atoms with van der Waals surface area (Å²) in [6, 6.07) is 0. The van der Waals surface area contributed by atoms with E-state index in [2.05, 4.69) is 5.32 Å². The standard InChI is InChI=1S/C8H13ClFNO2/c9-3-1-2-8(7(12)13)4-6(10)5-11-8/h6,11H,1-5H2,(H,12,13). The van der Waals surface area contributed by atoms with Crippen molar-refractivity contribution in [2.45, 2.75) is 31.0 Å². The first-order valence-corrected chi connectivity index (χ1v) is 4.82. The van der Waals surface area contributed by atoms with Gasteiger partial charge in [-0.3, -0.25) is 10.1 Å². The average Bonchev–Trinajstić information content (AvgIpc) is 2.45. The Labute approximate surface area is 81.3 Å². The van der Waals surface area contributed by atoms with Gasteiger partial charge in [0.15, 0.2) is 0 Å². The van der Waals surface area contributed by atoms with Crippen LogP contribution in [0.1, 0.15) is 19.3 Å². The molecular formula is C8H13ClFNO2. The molecule has 2 unspecified atom stereocenters. The van der Waals surface area contributed by atoms with Gasteiger partial charge in [-0.15, -0.1) is 11.6 Å². The number of halogens is 2. The number of aliphatic carboxylic acids is 1. The Hall–Kier alpha value is -0.350. The highest BCUT2D eigenvalue weighted by molar-refractivity contribution is 6.17. The number of alkyl halides is 2. The Balaban J connectivity index is 2.60. The number of hydrogen-bond donors (Lipinski definition) is 2. The summed E-state index contributed by atoms with van der Waals surface area (Å²) in [4.78, 5) is 10.9. The van der Waals surface area contributed by atoms with Crippen LogP contribution in [0.3, 0.4) is 0 Å². The van der Waals surface area contributed by atoms with Crippen LogP contribution in [-0.2, 0) is 4.79 Å². The normalized spacial score (nSPS) is 33.5. The molecule has 1 aliphatic heterocycles. The molecule has 1 saturated heterocycles. The number of rotatable bonds is 4. The van der Waals surface area contributed by atoms with Crippen LogP contribution >= 0.6 is 11.6 Å². The van der Waals surface area contributed by atoms with Crippen molar-refractivity contribution >= 4 is 17.6 Å². The number of carboxylic acid groups (broad SMARTS) is 1. The van der Waals surface area contributed by atoms with Crippen molar-refractivity contribution in [1.29, 1.82) is 0 Å². The largest absolute Gasteiger partial charge is 0.480 e. The van der Waals surface area contributed by atoms with Crippen LogP contribution in [0.15, 0.2) is 0 Å². The molecule has 0 saturated carbocycles. The van der Waals surface area contributed by atoms with Gasteiger partial charge in [-0.05, 0) is 12.8 Å². The van der Waals surface area contributed by atoms with E-state index in [-0.39, 0.29) is 13.0 Å². The van der Waals surface area contributed by atoms with E-state index in [0.717, 1.165) is 0 Å². The SMILES string of the molecule is O=C(O)C1(CCCCl)CC(F)CN1. The number of hydrogen-bond acceptors (Lipinski definition) is 2. The summed E-state index contributed by atoms with van der Waals surface area (Å²) in [7, 11) is 0. The predicted octanol–water partition coefficient (Wildman–Crippen LogP) is 1.16. The molecular weight excluding hydrogens is 197 g/mol. The van der Waals surface area contributed by atoms with Gasteiger partial charge in [-0.2, -0.15) is 0 Å². The Morgan fingerprint density at radius 1 is 1.77 bits per heavy atom. The Bertz CT molecular complexity index is 203. The van der Waals surface area contributed by atoms with Gasteiger partial charge in [0, 0.05) is 18.8 Å². The lowest BCUT2D eigenvalue weighted by molar-refractivity contribution is -0.144. The molecule has 0 aromatic heterocycles. The fraction of sp³-hybridized carbons (Fsp3) is 0.875. The third-order valence-corrected chi connectivity index (χ3v) is 2.65. The molecule has 2 atom stereocenters. The summed E-state index contributed by atoms with van der Waals surface area (Å²) in [6.45, 7) is 0.134. The molecule has 0 amide bonds. The number of nitrogens with one attached hydrogen (secondary N) is 1. The van der Waals surface area contributed by atoms with Crippen LogP contribution < -0.4 is 5.32 Å². The quantitative estimate of drug-likeness (QED) is 0.684. The fourth-order valence-electron chi connectivity index (χ4n) is 1.66. The fourth-order valence-corrected chi connectivity index (χ4v) is 1.79. The molecule has 1 heterocycles. The van der Waals surface area contributed by atoms with E-state index < -0.39 is 17.7 Å². The zero-order valence-corrected chi connectivity index (χ0v) is 7.98. The molecule has 1 fully saturated rings. The van der Waals surface area contributed by atoms with E-state index in [1.165, 1.54) is 0 Å². The Kier molecular flexibility index (Phi) is 3.50. The minimum absolute atomic E-state index is 0.0548. The van der Waals surface area contributed by atoms with Crippen molar-refractivity contribution in [2.24, 2.45) is 0 Å². The lowest BCUT2D eigenvalue weighted by Gasteiger charge is -2.23. The second kappa shape index (κ2) is 4.24. The smallest absolute Gasteiger partial charge is 0.324 e. The second-order valence-corrected chi connectivity index (χ2v) is 3.74. The van der Waals surface area contributed by atoms with E-state index in [1.54, 1.807) is 0 Å². The van der Waals surface area contributed by atoms with E-state index in [0.29, 0.717) is 18.7 Å². The lowest BCUT2D eigenvalue weighted by atomic mass is 9.92. The van der Waals surface area contributed by atoms with Gasteiger partial charge < -0.3 is 5.11 Å². The van der Waals surface area contributed by atoms with Crippen LogP contribution in [0.25, 0.3) is 0 Å². The maximum absolute atomic E-state index is 12.8. The number of carbonyl (C=O) groups is 1. The first-order chi connectivity index (χ1) is 6.10. The van der Waals surface area contributed by atoms with Crippen LogP contribution in [0.4, 0.5) is 4.39 Å². The first-order valence-electron chi connectivity index (χ1n) is 4.29. The van der Waals surface area contributed by atoms with Crippen molar-refractivity contribution in [2.75, 3.05) is 12.4 Å². The predicted molar refractivity (Wildman–Crippen MR) is 47.8 cm³/mol. The topological polar surface area (TPSA) is 49.3 Å². The van der Waals surface area contributed by atoms with Crippen LogP contribution in [-0.4, -0.2) is 35.2 Å². The molecule has 0 aliphatic carbocycles. The Morgan fingerprint density at radius 3 is 2.85 bits per heavy atom. The third-order valence-electron chi connectivity index (χ3n) is 2.38. The van der Waals surface area contributed by atoms with E-state index in [4.69, 9.17) is 16.7 Å². The van der Waals surface area contributed by atoms with Crippen molar-refractivity contribution in [3.63, 3.8) is 0 Å². The van der Waals surface area contributed by atoms with Gasteiger partial charge in [0.25, 0.3) is 0 Å². The van der Waals surface area contributed by atoms with Gasteiger partial charge in [0.05, 0.1) is 0 Å². The van der Waals surface area contributed by atoms with Gasteiger partial charge in [-0.25, -0.2) is 4.39 Å². The molecule has 0 bridgehead atoms. The average molecular weight is 210 g/mol. The van der Waals surface area contributed by atoms with Gasteiger partial charge in [0.1, 0.15) is 11.7 Å². The molecule has 2 N–H and O–H groups in total. The minimum Gasteiger partial charge on any atom is -0.480 e. The molecule has 0 aromatic rings. The molecule has 5 heteroatoms. The van der Waals surface area contributed by atoms with E-state index >= 15 is 0 Å². The van der Waals surface area contributed by atoms with Crippen molar-refractivity contribution in [3.05, 3.63) is 0 Å². The van der Waals surface area contributed by atoms with Crippen LogP contribution in [0, 0.1) is 0 Å². The van der Waals surface area contributed by atoms with Crippen LogP contribution in [0.5, 0.6) is 0 Å². The third kappa shape index (κ3) is 2.31. The number of carboxylic acids is 1. The zero-order valence-electron chi connectivity index (χ0n) is 7.22. The van der Waals surface area contributed by atoms with Gasteiger partial charge >= 0.3 is 5.97 Å². The molecule has 0 aromatic carbocycles. The van der Waals surface area contributed by atoms with Gasteiger partial charge in [-0.1, -0.05) is 0 Å². The lowest BCUT2D eigenvalue weighted by Crippen LogP contribution is -2.47. The summed E-state index contributed by atoms with van der Waals surface area (Å²) in [5, 5.41) is 11.7. The summed E-state index contributed by atoms with van der Waals surface area (Å²) in [6.07, 6.45) is -0.00888. The highest BCUT2D eigenvalue weighted by atomic mass is 35.5. The molecule has 0 spiro atoms.